The highest BCUT2D eigenvalue weighted by molar-refractivity contribution is 5.78. The Morgan fingerprint density at radius 3 is 2.54 bits per heavy atom. The molecule has 0 unspecified atom stereocenters. The van der Waals surface area contributed by atoms with Crippen molar-refractivity contribution in [2.24, 2.45) is 0 Å². The molecule has 3 rings (SSSR count). The number of aromatic hydroxyl groups is 1. The third-order valence-electron chi connectivity index (χ3n) is 4.05. The number of piperazine rings is 1. The fourth-order valence-corrected chi connectivity index (χ4v) is 2.69. The van der Waals surface area contributed by atoms with E-state index >= 15 is 0 Å². The molecule has 0 atom stereocenters. The van der Waals surface area contributed by atoms with Gasteiger partial charge in [-0.15, -0.1) is 0 Å². The van der Waals surface area contributed by atoms with E-state index in [9.17, 15) is 9.90 Å². The van der Waals surface area contributed by atoms with Gasteiger partial charge in [0.05, 0.1) is 5.69 Å². The summed E-state index contributed by atoms with van der Waals surface area (Å²) in [5.74, 6) is 0.320. The second-order valence-corrected chi connectivity index (χ2v) is 5.73. The molecule has 1 N–H and O–H groups in total. The van der Waals surface area contributed by atoms with Gasteiger partial charge < -0.3 is 14.7 Å². The van der Waals surface area contributed by atoms with Gasteiger partial charge in [0, 0.05) is 38.9 Å². The molecule has 0 spiro atoms. The minimum atomic E-state index is -0.0595. The van der Waals surface area contributed by atoms with Crippen LogP contribution in [-0.4, -0.2) is 58.6 Å². The van der Waals surface area contributed by atoms with Crippen molar-refractivity contribution in [3.05, 3.63) is 54.4 Å². The van der Waals surface area contributed by atoms with Gasteiger partial charge in [0.1, 0.15) is 0 Å². The number of hydrogen-bond acceptors (Lipinski definition) is 5. The number of amides is 1. The molecule has 1 aliphatic rings. The van der Waals surface area contributed by atoms with Crippen molar-refractivity contribution in [1.29, 1.82) is 0 Å². The zero-order valence-corrected chi connectivity index (χ0v) is 13.5. The highest BCUT2D eigenvalue weighted by atomic mass is 16.5. The Morgan fingerprint density at radius 1 is 1.08 bits per heavy atom. The van der Waals surface area contributed by atoms with Crippen LogP contribution in [0.2, 0.25) is 0 Å². The van der Waals surface area contributed by atoms with E-state index in [4.69, 9.17) is 4.74 Å². The molecule has 1 aromatic heterocycles. The molecular formula is C18H21N3O3. The maximum Gasteiger partial charge on any atom is 0.260 e. The summed E-state index contributed by atoms with van der Waals surface area (Å²) in [5, 5.41) is 9.65. The van der Waals surface area contributed by atoms with Crippen molar-refractivity contribution in [2.45, 2.75) is 6.54 Å². The first-order chi connectivity index (χ1) is 11.7. The van der Waals surface area contributed by atoms with E-state index in [1.807, 2.05) is 18.2 Å². The topological polar surface area (TPSA) is 65.9 Å². The van der Waals surface area contributed by atoms with E-state index < -0.39 is 0 Å². The summed E-state index contributed by atoms with van der Waals surface area (Å²) in [4.78, 5) is 20.7. The highest BCUT2D eigenvalue weighted by Gasteiger charge is 2.21. The number of pyridine rings is 1. The van der Waals surface area contributed by atoms with Crippen LogP contribution in [0.15, 0.2) is 48.7 Å². The highest BCUT2D eigenvalue weighted by Crippen LogP contribution is 2.24. The number of phenolic OH excluding ortho intramolecular Hbond substituents is 1. The first kappa shape index (κ1) is 16.3. The normalized spacial score (nSPS) is 15.2. The summed E-state index contributed by atoms with van der Waals surface area (Å²) in [5.41, 5.74) is 1.04. The van der Waals surface area contributed by atoms with E-state index in [2.05, 4.69) is 9.88 Å². The molecule has 1 fully saturated rings. The average molecular weight is 327 g/mol. The Bertz CT molecular complexity index is 670. The molecule has 2 heterocycles. The number of aromatic nitrogens is 1. The molecule has 0 bridgehead atoms. The number of nitrogens with zero attached hydrogens (tertiary/aromatic N) is 3. The van der Waals surface area contributed by atoms with Gasteiger partial charge in [-0.05, 0) is 24.3 Å². The van der Waals surface area contributed by atoms with Gasteiger partial charge in [-0.2, -0.15) is 0 Å². The first-order valence-electron chi connectivity index (χ1n) is 8.03. The average Bonchev–Trinajstić information content (AvgIpc) is 2.62. The summed E-state index contributed by atoms with van der Waals surface area (Å²) >= 11 is 0. The van der Waals surface area contributed by atoms with Crippen LogP contribution in [0.1, 0.15) is 5.69 Å². The number of ether oxygens (including phenoxy) is 1. The molecule has 126 valence electrons. The summed E-state index contributed by atoms with van der Waals surface area (Å²) in [6, 6.07) is 12.6. The first-order valence-corrected chi connectivity index (χ1v) is 8.03. The molecular weight excluding hydrogens is 306 g/mol. The predicted molar refractivity (Wildman–Crippen MR) is 89.7 cm³/mol. The van der Waals surface area contributed by atoms with E-state index in [1.165, 1.54) is 6.07 Å². The summed E-state index contributed by atoms with van der Waals surface area (Å²) in [7, 11) is 0. The third-order valence-corrected chi connectivity index (χ3v) is 4.05. The standard InChI is InChI=1S/C18H21N3O3/c22-16-6-1-2-7-17(16)24-14-18(23)21-11-9-20(10-12-21)13-15-5-3-4-8-19-15/h1-8,22H,9-14H2. The lowest BCUT2D eigenvalue weighted by Crippen LogP contribution is -2.49. The van der Waals surface area contributed by atoms with Crippen molar-refractivity contribution < 1.29 is 14.6 Å². The Morgan fingerprint density at radius 2 is 1.83 bits per heavy atom. The molecule has 1 saturated heterocycles. The third kappa shape index (κ3) is 4.23. The number of rotatable bonds is 5. The van der Waals surface area contributed by atoms with Gasteiger partial charge in [-0.1, -0.05) is 18.2 Å². The maximum atomic E-state index is 12.2. The molecule has 6 heteroatoms. The van der Waals surface area contributed by atoms with Gasteiger partial charge in [0.25, 0.3) is 5.91 Å². The smallest absolute Gasteiger partial charge is 0.260 e. The molecule has 1 aromatic carbocycles. The monoisotopic (exact) mass is 327 g/mol. The molecule has 24 heavy (non-hydrogen) atoms. The van der Waals surface area contributed by atoms with Crippen molar-refractivity contribution in [2.75, 3.05) is 32.8 Å². The van der Waals surface area contributed by atoms with E-state index in [1.54, 1.807) is 29.3 Å². The zero-order chi connectivity index (χ0) is 16.8. The summed E-state index contributed by atoms with van der Waals surface area (Å²) in [6.45, 7) is 3.73. The number of benzene rings is 1. The fourth-order valence-electron chi connectivity index (χ4n) is 2.69. The molecule has 0 saturated carbocycles. The quantitative estimate of drug-likeness (QED) is 0.902. The van der Waals surface area contributed by atoms with Crippen molar-refractivity contribution in [3.8, 4) is 11.5 Å². The van der Waals surface area contributed by atoms with Crippen molar-refractivity contribution in [1.82, 2.24) is 14.8 Å². The lowest BCUT2D eigenvalue weighted by Gasteiger charge is -2.34. The van der Waals surface area contributed by atoms with Crippen LogP contribution in [0.4, 0.5) is 0 Å². The number of hydrogen-bond donors (Lipinski definition) is 1. The molecule has 1 aliphatic heterocycles. The van der Waals surface area contributed by atoms with Crippen molar-refractivity contribution >= 4 is 5.91 Å². The largest absolute Gasteiger partial charge is 0.504 e. The van der Waals surface area contributed by atoms with Crippen LogP contribution >= 0.6 is 0 Å². The van der Waals surface area contributed by atoms with Gasteiger partial charge in [0.2, 0.25) is 0 Å². The van der Waals surface area contributed by atoms with Gasteiger partial charge >= 0.3 is 0 Å². The minimum Gasteiger partial charge on any atom is -0.504 e. The van der Waals surface area contributed by atoms with Crippen LogP contribution in [0.25, 0.3) is 0 Å². The molecule has 2 aromatic rings. The van der Waals surface area contributed by atoms with Gasteiger partial charge in [0.15, 0.2) is 18.1 Å². The fraction of sp³-hybridized carbons (Fsp3) is 0.333. The van der Waals surface area contributed by atoms with Crippen LogP contribution < -0.4 is 4.74 Å². The number of phenols is 1. The number of para-hydroxylation sites is 2. The van der Waals surface area contributed by atoms with Crippen LogP contribution in [-0.2, 0) is 11.3 Å². The summed E-state index contributed by atoms with van der Waals surface area (Å²) < 4.78 is 5.41. The molecule has 0 radical (unpaired) electrons. The van der Waals surface area contributed by atoms with Crippen molar-refractivity contribution in [3.63, 3.8) is 0 Å². The second-order valence-electron chi connectivity index (χ2n) is 5.73. The van der Waals surface area contributed by atoms with Crippen LogP contribution in [0.5, 0.6) is 11.5 Å². The lowest BCUT2D eigenvalue weighted by atomic mass is 10.2. The predicted octanol–water partition coefficient (Wildman–Crippen LogP) is 1.51. The number of carbonyl (C=O) groups is 1. The number of carbonyl (C=O) groups excluding carboxylic acids is 1. The Labute approximate surface area is 141 Å². The molecule has 6 nitrogen and oxygen atoms in total. The Hall–Kier alpha value is -2.60. The maximum absolute atomic E-state index is 12.2. The van der Waals surface area contributed by atoms with Crippen LogP contribution in [0, 0.1) is 0 Å². The van der Waals surface area contributed by atoms with Gasteiger partial charge in [-0.3, -0.25) is 14.7 Å². The van der Waals surface area contributed by atoms with Gasteiger partial charge in [-0.25, -0.2) is 0 Å². The summed E-state index contributed by atoms with van der Waals surface area (Å²) in [6.07, 6.45) is 1.80. The minimum absolute atomic E-state index is 0.0467. The van der Waals surface area contributed by atoms with E-state index in [0.717, 1.165) is 25.3 Å². The lowest BCUT2D eigenvalue weighted by molar-refractivity contribution is -0.135. The Kier molecular flexibility index (Phi) is 5.28. The Balaban J connectivity index is 1.44. The van der Waals surface area contributed by atoms with Crippen LogP contribution in [0.3, 0.4) is 0 Å². The zero-order valence-electron chi connectivity index (χ0n) is 13.5. The van der Waals surface area contributed by atoms with E-state index in [-0.39, 0.29) is 18.3 Å². The van der Waals surface area contributed by atoms with E-state index in [0.29, 0.717) is 18.8 Å². The second kappa shape index (κ2) is 7.79. The molecule has 0 aliphatic carbocycles. The molecule has 1 amide bonds. The SMILES string of the molecule is O=C(COc1ccccc1O)N1CCN(Cc2ccccn2)CC1.